The predicted molar refractivity (Wildman–Crippen MR) is 41.8 cm³/mol. The molecule has 0 amide bonds. The minimum Gasteiger partial charge on any atom is -0.365 e. The van der Waals surface area contributed by atoms with E-state index < -0.39 is 0 Å². The Hall–Kier alpha value is -0.960. The molecule has 3 N–H and O–H groups in total. The van der Waals surface area contributed by atoms with E-state index in [9.17, 15) is 0 Å². The lowest BCUT2D eigenvalue weighted by Crippen LogP contribution is -2.27. The zero-order valence-corrected chi connectivity index (χ0v) is 6.39. The predicted octanol–water partition coefficient (Wildman–Crippen LogP) is 0.183. The zero-order valence-electron chi connectivity index (χ0n) is 6.39. The molecule has 0 unspecified atom stereocenters. The molecule has 3 heteroatoms. The Bertz CT molecular complexity index is 181. The standard InChI is InChI=1S/C7H13N3/c1-6-4-9-5-7(3-8)10(6)2/h4-5,9H,3,8H2,1-2H3. The zero-order chi connectivity index (χ0) is 7.56. The van der Waals surface area contributed by atoms with Gasteiger partial charge in [0.2, 0.25) is 0 Å². The molecule has 0 radical (unpaired) electrons. The van der Waals surface area contributed by atoms with E-state index in [1.165, 1.54) is 5.70 Å². The first-order valence-corrected chi connectivity index (χ1v) is 3.31. The molecule has 56 valence electrons. The normalized spacial score (nSPS) is 17.7. The number of allylic oxidation sites excluding steroid dienone is 1. The summed E-state index contributed by atoms with van der Waals surface area (Å²) >= 11 is 0. The van der Waals surface area contributed by atoms with Gasteiger partial charge in [0.05, 0.1) is 0 Å². The summed E-state index contributed by atoms with van der Waals surface area (Å²) in [6.07, 6.45) is 3.85. The van der Waals surface area contributed by atoms with Crippen LogP contribution in [0.15, 0.2) is 23.8 Å². The van der Waals surface area contributed by atoms with E-state index in [1.807, 2.05) is 26.4 Å². The molecular formula is C7H13N3. The van der Waals surface area contributed by atoms with Crippen molar-refractivity contribution < 1.29 is 0 Å². The van der Waals surface area contributed by atoms with Gasteiger partial charge in [-0.3, -0.25) is 0 Å². The van der Waals surface area contributed by atoms with Crippen molar-refractivity contribution in [3.05, 3.63) is 23.8 Å². The second kappa shape index (κ2) is 2.75. The molecule has 1 aliphatic rings. The molecule has 3 nitrogen and oxygen atoms in total. The summed E-state index contributed by atoms with van der Waals surface area (Å²) in [5.41, 5.74) is 7.77. The van der Waals surface area contributed by atoms with Crippen LogP contribution in [-0.4, -0.2) is 18.5 Å². The third-order valence-corrected chi connectivity index (χ3v) is 1.71. The maximum absolute atomic E-state index is 5.48. The van der Waals surface area contributed by atoms with Crippen molar-refractivity contribution in [1.29, 1.82) is 0 Å². The highest BCUT2D eigenvalue weighted by molar-refractivity contribution is 5.16. The van der Waals surface area contributed by atoms with Crippen LogP contribution in [0.25, 0.3) is 0 Å². The van der Waals surface area contributed by atoms with Crippen LogP contribution in [0.2, 0.25) is 0 Å². The van der Waals surface area contributed by atoms with Gasteiger partial charge in [0.15, 0.2) is 0 Å². The Labute approximate surface area is 61.2 Å². The number of likely N-dealkylation sites (N-methyl/N-ethyl adjacent to an activating group) is 1. The smallest absolute Gasteiger partial charge is 0.0473 e. The van der Waals surface area contributed by atoms with E-state index in [2.05, 4.69) is 10.2 Å². The first-order valence-electron chi connectivity index (χ1n) is 3.31. The van der Waals surface area contributed by atoms with Gasteiger partial charge in [0.1, 0.15) is 0 Å². The van der Waals surface area contributed by atoms with E-state index in [1.54, 1.807) is 0 Å². The van der Waals surface area contributed by atoms with E-state index >= 15 is 0 Å². The monoisotopic (exact) mass is 139 g/mol. The van der Waals surface area contributed by atoms with E-state index in [0.29, 0.717) is 6.54 Å². The second-order valence-electron chi connectivity index (χ2n) is 2.35. The molecule has 1 heterocycles. The van der Waals surface area contributed by atoms with Crippen molar-refractivity contribution in [2.75, 3.05) is 13.6 Å². The fourth-order valence-corrected chi connectivity index (χ4v) is 0.874. The average Bonchev–Trinajstić information content (AvgIpc) is 1.95. The van der Waals surface area contributed by atoms with Gasteiger partial charge in [-0.2, -0.15) is 0 Å². The van der Waals surface area contributed by atoms with Gasteiger partial charge in [-0.1, -0.05) is 0 Å². The van der Waals surface area contributed by atoms with Gasteiger partial charge in [0, 0.05) is 37.4 Å². The molecule has 0 aromatic carbocycles. The number of hydrogen-bond donors (Lipinski definition) is 2. The van der Waals surface area contributed by atoms with Gasteiger partial charge >= 0.3 is 0 Å². The van der Waals surface area contributed by atoms with E-state index in [-0.39, 0.29) is 0 Å². The van der Waals surface area contributed by atoms with Crippen LogP contribution in [0.4, 0.5) is 0 Å². The van der Waals surface area contributed by atoms with Crippen molar-refractivity contribution >= 4 is 0 Å². The molecule has 0 aromatic heterocycles. The van der Waals surface area contributed by atoms with Gasteiger partial charge in [0.25, 0.3) is 0 Å². The summed E-state index contributed by atoms with van der Waals surface area (Å²) in [6, 6.07) is 0. The van der Waals surface area contributed by atoms with E-state index in [0.717, 1.165) is 5.70 Å². The molecule has 0 saturated carbocycles. The number of hydrogen-bond acceptors (Lipinski definition) is 3. The third kappa shape index (κ3) is 1.14. The van der Waals surface area contributed by atoms with Crippen molar-refractivity contribution in [3.63, 3.8) is 0 Å². The molecule has 0 aliphatic carbocycles. The number of nitrogens with one attached hydrogen (secondary N) is 1. The van der Waals surface area contributed by atoms with Gasteiger partial charge in [-0.15, -0.1) is 0 Å². The number of nitrogens with two attached hydrogens (primary N) is 1. The maximum Gasteiger partial charge on any atom is 0.0473 e. The molecule has 0 bridgehead atoms. The van der Waals surface area contributed by atoms with Crippen LogP contribution in [0, 0.1) is 0 Å². The SMILES string of the molecule is CC1=CNC=C(CN)N1C. The lowest BCUT2D eigenvalue weighted by molar-refractivity contribution is 0.491. The van der Waals surface area contributed by atoms with Gasteiger partial charge in [-0.25, -0.2) is 0 Å². The molecule has 0 atom stereocenters. The molecular weight excluding hydrogens is 126 g/mol. The van der Waals surface area contributed by atoms with Crippen LogP contribution < -0.4 is 11.1 Å². The molecule has 0 saturated heterocycles. The lowest BCUT2D eigenvalue weighted by Gasteiger charge is -2.25. The molecule has 1 rings (SSSR count). The van der Waals surface area contributed by atoms with Crippen molar-refractivity contribution in [2.45, 2.75) is 6.92 Å². The summed E-state index contributed by atoms with van der Waals surface area (Å²) in [4.78, 5) is 2.07. The summed E-state index contributed by atoms with van der Waals surface area (Å²) in [5, 5.41) is 3.02. The fraction of sp³-hybridized carbons (Fsp3) is 0.429. The highest BCUT2D eigenvalue weighted by Crippen LogP contribution is 2.09. The molecule has 10 heavy (non-hydrogen) atoms. The summed E-state index contributed by atoms with van der Waals surface area (Å²) in [7, 11) is 2.01. The quantitative estimate of drug-likeness (QED) is 0.544. The first-order chi connectivity index (χ1) is 4.75. The van der Waals surface area contributed by atoms with Crippen LogP contribution in [0.1, 0.15) is 6.92 Å². The minimum atomic E-state index is 0.578. The van der Waals surface area contributed by atoms with Crippen molar-refractivity contribution in [2.24, 2.45) is 5.73 Å². The fourth-order valence-electron chi connectivity index (χ4n) is 0.874. The molecule has 0 aromatic rings. The Morgan fingerprint density at radius 1 is 1.60 bits per heavy atom. The Kier molecular flexibility index (Phi) is 1.97. The third-order valence-electron chi connectivity index (χ3n) is 1.71. The largest absolute Gasteiger partial charge is 0.365 e. The van der Waals surface area contributed by atoms with Crippen molar-refractivity contribution in [1.82, 2.24) is 10.2 Å². The number of nitrogens with zero attached hydrogens (tertiary/aromatic N) is 1. The van der Waals surface area contributed by atoms with Crippen LogP contribution in [-0.2, 0) is 0 Å². The maximum atomic E-state index is 5.48. The lowest BCUT2D eigenvalue weighted by atomic mass is 10.3. The summed E-state index contributed by atoms with van der Waals surface area (Å²) in [6.45, 7) is 2.62. The van der Waals surface area contributed by atoms with E-state index in [4.69, 9.17) is 5.73 Å². The first kappa shape index (κ1) is 7.15. The summed E-state index contributed by atoms with van der Waals surface area (Å²) < 4.78 is 0. The second-order valence-corrected chi connectivity index (χ2v) is 2.35. The van der Waals surface area contributed by atoms with Gasteiger partial charge in [-0.05, 0) is 6.92 Å². The highest BCUT2D eigenvalue weighted by atomic mass is 15.2. The molecule has 0 fully saturated rings. The topological polar surface area (TPSA) is 41.3 Å². The van der Waals surface area contributed by atoms with Crippen LogP contribution in [0.5, 0.6) is 0 Å². The average molecular weight is 139 g/mol. The summed E-state index contributed by atoms with van der Waals surface area (Å²) in [5.74, 6) is 0. The minimum absolute atomic E-state index is 0.578. The Morgan fingerprint density at radius 3 is 2.80 bits per heavy atom. The van der Waals surface area contributed by atoms with Crippen molar-refractivity contribution in [3.8, 4) is 0 Å². The molecule has 1 aliphatic heterocycles. The van der Waals surface area contributed by atoms with Gasteiger partial charge < -0.3 is 16.0 Å². The van der Waals surface area contributed by atoms with Crippen LogP contribution in [0.3, 0.4) is 0 Å². The molecule has 0 spiro atoms. The Balaban J connectivity index is 2.70. The highest BCUT2D eigenvalue weighted by Gasteiger charge is 2.06. The van der Waals surface area contributed by atoms with Crippen LogP contribution >= 0.6 is 0 Å². The Morgan fingerprint density at radius 2 is 2.30 bits per heavy atom. The number of rotatable bonds is 1.